The molecule has 6 nitrogen and oxygen atoms in total. The molecule has 3 unspecified atom stereocenters. The minimum absolute atomic E-state index is 0.0565. The second-order valence-corrected chi connectivity index (χ2v) is 11.6. The molecular weight excluding hydrogens is 468 g/mol. The molecule has 0 saturated carbocycles. The van der Waals surface area contributed by atoms with E-state index in [1.54, 1.807) is 28.4 Å². The highest BCUT2D eigenvalue weighted by Gasteiger charge is 2.57. The summed E-state index contributed by atoms with van der Waals surface area (Å²) in [6.07, 6.45) is 2.83. The van der Waals surface area contributed by atoms with Crippen LogP contribution in [0, 0.1) is 0 Å². The van der Waals surface area contributed by atoms with Crippen LogP contribution in [0.25, 0.3) is 0 Å². The van der Waals surface area contributed by atoms with E-state index < -0.39 is 16.9 Å². The van der Waals surface area contributed by atoms with E-state index in [1.165, 1.54) is 0 Å². The molecule has 2 aromatic rings. The third-order valence-electron chi connectivity index (χ3n) is 6.72. The van der Waals surface area contributed by atoms with Crippen LogP contribution in [0.4, 0.5) is 0 Å². The van der Waals surface area contributed by atoms with Crippen LogP contribution in [0.15, 0.2) is 60.7 Å². The van der Waals surface area contributed by atoms with E-state index in [1.807, 2.05) is 60.7 Å². The zero-order valence-corrected chi connectivity index (χ0v) is 20.6. The first-order valence-corrected chi connectivity index (χ1v) is 13.8. The van der Waals surface area contributed by atoms with Crippen LogP contribution >= 0.6 is 23.5 Å². The molecule has 8 heteroatoms. The Balaban J connectivity index is 1.40. The number of hydrogen-bond donors (Lipinski definition) is 1. The normalized spacial score (nSPS) is 28.8. The lowest BCUT2D eigenvalue weighted by Crippen LogP contribution is -2.73. The Morgan fingerprint density at radius 2 is 1.82 bits per heavy atom. The van der Waals surface area contributed by atoms with Gasteiger partial charge in [0, 0.05) is 24.7 Å². The number of carbonyl (C=O) groups is 2. The Morgan fingerprint density at radius 1 is 1.15 bits per heavy atom. The van der Waals surface area contributed by atoms with Crippen molar-refractivity contribution in [1.29, 1.82) is 0 Å². The monoisotopic (exact) mass is 498 g/mol. The zero-order valence-electron chi connectivity index (χ0n) is 19.0. The first-order chi connectivity index (χ1) is 16.6. The molecule has 3 heterocycles. The van der Waals surface area contributed by atoms with Crippen molar-refractivity contribution in [2.45, 2.75) is 47.6 Å². The van der Waals surface area contributed by atoms with Gasteiger partial charge in [-0.1, -0.05) is 60.7 Å². The van der Waals surface area contributed by atoms with Crippen molar-refractivity contribution in [2.75, 3.05) is 24.7 Å². The number of rotatable bonds is 7. The molecule has 0 aromatic heterocycles. The number of β-lactam (4-membered cyclic amide) rings is 1. The van der Waals surface area contributed by atoms with Crippen molar-refractivity contribution in [3.63, 3.8) is 0 Å². The third-order valence-corrected chi connectivity index (χ3v) is 9.98. The molecule has 2 N–H and O–H groups in total. The van der Waals surface area contributed by atoms with E-state index in [2.05, 4.69) is 0 Å². The van der Waals surface area contributed by atoms with E-state index >= 15 is 0 Å². The number of hydrogen-bond acceptors (Lipinski definition) is 7. The van der Waals surface area contributed by atoms with E-state index in [4.69, 9.17) is 15.2 Å². The molecule has 180 valence electrons. The molecular formula is C26H30N2O4S2. The van der Waals surface area contributed by atoms with E-state index in [9.17, 15) is 9.59 Å². The number of ether oxygens (including phenoxy) is 2. The van der Waals surface area contributed by atoms with Crippen molar-refractivity contribution in [2.24, 2.45) is 5.73 Å². The van der Waals surface area contributed by atoms with Crippen LogP contribution in [0.2, 0.25) is 0 Å². The predicted molar refractivity (Wildman–Crippen MR) is 136 cm³/mol. The third kappa shape index (κ3) is 4.73. The van der Waals surface area contributed by atoms with Gasteiger partial charge in [-0.25, -0.2) is 0 Å². The summed E-state index contributed by atoms with van der Waals surface area (Å²) in [6, 6.07) is 19.1. The van der Waals surface area contributed by atoms with Crippen molar-refractivity contribution < 1.29 is 19.1 Å². The Morgan fingerprint density at radius 3 is 2.44 bits per heavy atom. The van der Waals surface area contributed by atoms with Crippen LogP contribution in [-0.4, -0.2) is 63.7 Å². The molecule has 3 aliphatic rings. The maximum atomic E-state index is 13.9. The van der Waals surface area contributed by atoms with Crippen LogP contribution < -0.4 is 5.73 Å². The van der Waals surface area contributed by atoms with Crippen LogP contribution in [0.3, 0.4) is 0 Å². The molecule has 0 spiro atoms. The Hall–Kier alpha value is -2.00. The molecule has 34 heavy (non-hydrogen) atoms. The second kappa shape index (κ2) is 10.3. The summed E-state index contributed by atoms with van der Waals surface area (Å²) in [5.74, 6) is 0.883. The van der Waals surface area contributed by atoms with Crippen LogP contribution in [-0.2, 0) is 19.1 Å². The molecule has 3 fully saturated rings. The zero-order chi connectivity index (χ0) is 23.5. The van der Waals surface area contributed by atoms with Gasteiger partial charge in [0.1, 0.15) is 16.2 Å². The maximum absolute atomic E-state index is 13.9. The van der Waals surface area contributed by atoms with Gasteiger partial charge in [-0.2, -0.15) is 0 Å². The number of esters is 1. The lowest BCUT2D eigenvalue weighted by Gasteiger charge is -2.53. The van der Waals surface area contributed by atoms with E-state index in [0.29, 0.717) is 18.1 Å². The molecule has 1 amide bonds. The highest BCUT2D eigenvalue weighted by Crippen LogP contribution is 2.45. The van der Waals surface area contributed by atoms with Gasteiger partial charge in [0.25, 0.3) is 0 Å². The van der Waals surface area contributed by atoms with Crippen LogP contribution in [0.5, 0.6) is 0 Å². The van der Waals surface area contributed by atoms with Crippen molar-refractivity contribution >= 4 is 35.4 Å². The fourth-order valence-corrected chi connectivity index (χ4v) is 7.75. The van der Waals surface area contributed by atoms with Gasteiger partial charge in [-0.05, 0) is 30.4 Å². The van der Waals surface area contributed by atoms with Gasteiger partial charge in [0.15, 0.2) is 6.10 Å². The number of benzene rings is 2. The molecule has 3 saturated heterocycles. The molecule has 0 aliphatic carbocycles. The van der Waals surface area contributed by atoms with Gasteiger partial charge in [-0.3, -0.25) is 9.59 Å². The van der Waals surface area contributed by atoms with Crippen molar-refractivity contribution in [1.82, 2.24) is 4.90 Å². The summed E-state index contributed by atoms with van der Waals surface area (Å²) in [5.41, 5.74) is 7.85. The largest absolute Gasteiger partial charge is 0.451 e. The lowest BCUT2D eigenvalue weighted by molar-refractivity contribution is -0.154. The van der Waals surface area contributed by atoms with Crippen LogP contribution in [0.1, 0.15) is 36.5 Å². The average Bonchev–Trinajstić information content (AvgIpc) is 2.91. The number of fused-ring (bicyclic) bond motifs is 1. The summed E-state index contributed by atoms with van der Waals surface area (Å²) in [7, 11) is 0. The average molecular weight is 499 g/mol. The fourth-order valence-electron chi connectivity index (χ4n) is 4.71. The van der Waals surface area contributed by atoms with Crippen molar-refractivity contribution in [3.05, 3.63) is 71.8 Å². The number of amides is 1. The Labute approximate surface area is 208 Å². The minimum atomic E-state index is -0.862. The lowest BCUT2D eigenvalue weighted by atomic mass is 10.00. The molecule has 4 atom stereocenters. The molecule has 5 rings (SSSR count). The molecule has 0 radical (unpaired) electrons. The summed E-state index contributed by atoms with van der Waals surface area (Å²) >= 11 is 3.16. The van der Waals surface area contributed by atoms with Gasteiger partial charge in [0.05, 0.1) is 6.10 Å². The van der Waals surface area contributed by atoms with Gasteiger partial charge >= 0.3 is 5.97 Å². The summed E-state index contributed by atoms with van der Waals surface area (Å²) in [5, 5.41) is -0.0565. The number of carbonyl (C=O) groups excluding carboxylic acids is 2. The number of nitrogens with zero attached hydrogens (tertiary/aromatic N) is 1. The maximum Gasteiger partial charge on any atom is 0.325 e. The summed E-state index contributed by atoms with van der Waals surface area (Å²) < 4.78 is 11.4. The smallest absolute Gasteiger partial charge is 0.325 e. The first kappa shape index (κ1) is 23.7. The predicted octanol–water partition coefficient (Wildman–Crippen LogP) is 3.60. The fraction of sp³-hybridized carbons (Fsp3) is 0.462. The Kier molecular flexibility index (Phi) is 7.20. The molecule has 2 aromatic carbocycles. The summed E-state index contributed by atoms with van der Waals surface area (Å²) in [4.78, 5) is 28.2. The highest BCUT2D eigenvalue weighted by atomic mass is 32.2. The minimum Gasteiger partial charge on any atom is -0.451 e. The SMILES string of the molecule is NC1C(=O)N2CC(SCC3CCCCO3)(C(=O)OC(c3ccccc3)c3ccccc3)CS[C@H]12. The summed E-state index contributed by atoms with van der Waals surface area (Å²) in [6.45, 7) is 1.09. The molecule has 3 aliphatic heterocycles. The highest BCUT2D eigenvalue weighted by molar-refractivity contribution is 8.05. The van der Waals surface area contributed by atoms with Gasteiger partial charge in [-0.15, -0.1) is 23.5 Å². The van der Waals surface area contributed by atoms with E-state index in [-0.39, 0.29) is 23.4 Å². The van der Waals surface area contributed by atoms with Gasteiger partial charge < -0.3 is 20.1 Å². The number of thioether (sulfide) groups is 2. The van der Waals surface area contributed by atoms with Crippen molar-refractivity contribution in [3.8, 4) is 0 Å². The topological polar surface area (TPSA) is 81.9 Å². The second-order valence-electron chi connectivity index (χ2n) is 9.09. The first-order valence-electron chi connectivity index (χ1n) is 11.8. The van der Waals surface area contributed by atoms with E-state index in [0.717, 1.165) is 37.0 Å². The van der Waals surface area contributed by atoms with Gasteiger partial charge in [0.2, 0.25) is 5.91 Å². The number of nitrogens with two attached hydrogens (primary N) is 1. The quantitative estimate of drug-likeness (QED) is 0.461. The standard InChI is InChI=1S/C26H30N2O4S2/c27-21-23(29)28-16-26(17-33-24(21)28,34-15-20-13-7-8-14-31-20)25(30)32-22(18-9-3-1-4-10-18)19-11-5-2-6-12-19/h1-6,9-12,20-22,24H,7-8,13-17,27H2/t20?,21?,24-,26?/m1/s1. The Bertz CT molecular complexity index is 963. The molecule has 0 bridgehead atoms.